The second-order valence-electron chi connectivity index (χ2n) is 8.35. The first kappa shape index (κ1) is 24.1. The van der Waals surface area contributed by atoms with Crippen molar-refractivity contribution in [2.24, 2.45) is 0 Å². The number of furan rings is 1. The molecule has 0 atom stereocenters. The molecular weight excluding hydrogens is 468 g/mol. The van der Waals surface area contributed by atoms with Crippen molar-refractivity contribution in [3.8, 4) is 17.7 Å². The van der Waals surface area contributed by atoms with Gasteiger partial charge in [-0.05, 0) is 68.1 Å². The van der Waals surface area contributed by atoms with Crippen LogP contribution in [0.2, 0.25) is 5.02 Å². The van der Waals surface area contributed by atoms with Crippen molar-refractivity contribution in [3.63, 3.8) is 0 Å². The van der Waals surface area contributed by atoms with Gasteiger partial charge in [-0.3, -0.25) is 14.2 Å². The summed E-state index contributed by atoms with van der Waals surface area (Å²) in [5.74, 6) is -0.401. The highest BCUT2D eigenvalue weighted by atomic mass is 35.5. The number of halogens is 1. The third kappa shape index (κ3) is 4.17. The van der Waals surface area contributed by atoms with Crippen molar-refractivity contribution in [1.29, 1.82) is 5.26 Å². The summed E-state index contributed by atoms with van der Waals surface area (Å²) in [4.78, 5) is 26.6. The summed E-state index contributed by atoms with van der Waals surface area (Å²) in [6, 6.07) is 12.6. The zero-order valence-electron chi connectivity index (χ0n) is 19.7. The number of ether oxygens (including phenoxy) is 1. The predicted octanol–water partition coefficient (Wildman–Crippen LogP) is 5.23. The molecule has 2 heterocycles. The van der Waals surface area contributed by atoms with E-state index in [2.05, 4.69) is 0 Å². The van der Waals surface area contributed by atoms with Gasteiger partial charge in [-0.25, -0.2) is 0 Å². The number of carbonyl (C=O) groups excluding carboxylic acids is 1. The molecule has 2 aromatic carbocycles. The number of carbonyl (C=O) groups is 1. The summed E-state index contributed by atoms with van der Waals surface area (Å²) in [6.45, 7) is 5.09. The topological polar surface area (TPSA) is 105 Å². The van der Waals surface area contributed by atoms with Crippen molar-refractivity contribution >= 4 is 28.4 Å². The van der Waals surface area contributed by atoms with Crippen LogP contribution in [0.1, 0.15) is 43.9 Å². The lowest BCUT2D eigenvalue weighted by Gasteiger charge is -2.15. The number of aromatic nitrogens is 1. The Balaban J connectivity index is 1.81. The summed E-state index contributed by atoms with van der Waals surface area (Å²) >= 11 is 6.25. The van der Waals surface area contributed by atoms with Crippen LogP contribution in [0.15, 0.2) is 45.6 Å². The van der Waals surface area contributed by atoms with Gasteiger partial charge in [-0.2, -0.15) is 5.26 Å². The highest BCUT2D eigenvalue weighted by molar-refractivity contribution is 6.32. The van der Waals surface area contributed by atoms with E-state index in [0.29, 0.717) is 33.7 Å². The second-order valence-corrected chi connectivity index (χ2v) is 8.76. The van der Waals surface area contributed by atoms with Gasteiger partial charge >= 0.3 is 0 Å². The maximum absolute atomic E-state index is 13.6. The average Bonchev–Trinajstić information content (AvgIpc) is 3.15. The maximum atomic E-state index is 13.6. The summed E-state index contributed by atoms with van der Waals surface area (Å²) < 4.78 is 12.1. The van der Waals surface area contributed by atoms with Gasteiger partial charge in [0.25, 0.3) is 5.56 Å². The van der Waals surface area contributed by atoms with Gasteiger partial charge in [0.05, 0.1) is 12.7 Å². The summed E-state index contributed by atoms with van der Waals surface area (Å²) in [5, 5.41) is 21.9. The summed E-state index contributed by atoms with van der Waals surface area (Å²) in [7, 11) is 1.57. The minimum absolute atomic E-state index is 0.0179. The zero-order valence-corrected chi connectivity index (χ0v) is 20.5. The quantitative estimate of drug-likeness (QED) is 0.371. The molecular formula is C27H23ClN2O5. The first-order valence-electron chi connectivity index (χ1n) is 10.9. The molecule has 7 nitrogen and oxygen atoms in total. The van der Waals surface area contributed by atoms with Gasteiger partial charge in [0.15, 0.2) is 5.76 Å². The predicted molar refractivity (Wildman–Crippen MR) is 133 cm³/mol. The van der Waals surface area contributed by atoms with E-state index in [0.717, 1.165) is 15.7 Å². The van der Waals surface area contributed by atoms with Gasteiger partial charge in [-0.1, -0.05) is 23.7 Å². The molecule has 0 radical (unpaired) electrons. The van der Waals surface area contributed by atoms with Gasteiger partial charge in [0.1, 0.15) is 23.0 Å². The number of aromatic hydroxyl groups is 1. The average molecular weight is 491 g/mol. The number of hydrogen-bond acceptors (Lipinski definition) is 6. The molecule has 0 saturated carbocycles. The lowest BCUT2D eigenvalue weighted by Crippen LogP contribution is -2.27. The number of ketones is 1. The Morgan fingerprint density at radius 1 is 1.17 bits per heavy atom. The monoisotopic (exact) mass is 490 g/mol. The largest absolute Gasteiger partial charge is 0.497 e. The Kier molecular flexibility index (Phi) is 6.42. The number of fused-ring (bicyclic) bond motifs is 1. The van der Waals surface area contributed by atoms with Crippen LogP contribution in [-0.4, -0.2) is 22.6 Å². The lowest BCUT2D eigenvalue weighted by atomic mass is 9.98. The van der Waals surface area contributed by atoms with Gasteiger partial charge in [0, 0.05) is 22.5 Å². The molecule has 8 heteroatoms. The van der Waals surface area contributed by atoms with E-state index >= 15 is 0 Å². The number of hydrogen-bond donors (Lipinski definition) is 1. The van der Waals surface area contributed by atoms with Crippen molar-refractivity contribution in [1.82, 2.24) is 4.57 Å². The number of aryl methyl sites for hydroxylation is 3. The number of benzene rings is 2. The molecule has 2 aromatic heterocycles. The van der Waals surface area contributed by atoms with Crippen LogP contribution in [0.4, 0.5) is 0 Å². The Bertz CT molecular complexity index is 1570. The Morgan fingerprint density at radius 3 is 2.49 bits per heavy atom. The van der Waals surface area contributed by atoms with Crippen LogP contribution in [0.3, 0.4) is 0 Å². The molecule has 35 heavy (non-hydrogen) atoms. The van der Waals surface area contributed by atoms with E-state index in [9.17, 15) is 20.0 Å². The lowest BCUT2D eigenvalue weighted by molar-refractivity contribution is 0.100. The minimum atomic E-state index is -0.656. The molecule has 0 fully saturated rings. The third-order valence-electron chi connectivity index (χ3n) is 6.23. The first-order chi connectivity index (χ1) is 16.7. The molecule has 0 aliphatic carbocycles. The number of pyridine rings is 1. The molecule has 4 aromatic rings. The molecule has 4 rings (SSSR count). The van der Waals surface area contributed by atoms with E-state index in [4.69, 9.17) is 20.8 Å². The molecule has 0 amide bonds. The Morgan fingerprint density at radius 2 is 1.86 bits per heavy atom. The van der Waals surface area contributed by atoms with Crippen molar-refractivity contribution in [2.45, 2.75) is 33.7 Å². The molecule has 1 N–H and O–H groups in total. The minimum Gasteiger partial charge on any atom is -0.497 e. The van der Waals surface area contributed by atoms with Crippen LogP contribution < -0.4 is 10.3 Å². The second kappa shape index (κ2) is 9.32. The van der Waals surface area contributed by atoms with Crippen molar-refractivity contribution in [3.05, 3.63) is 90.9 Å². The molecule has 0 bridgehead atoms. The zero-order chi connectivity index (χ0) is 25.4. The van der Waals surface area contributed by atoms with Gasteiger partial charge in [0.2, 0.25) is 11.7 Å². The smallest absolute Gasteiger partial charge is 0.271 e. The fourth-order valence-electron chi connectivity index (χ4n) is 4.13. The highest BCUT2D eigenvalue weighted by Crippen LogP contribution is 2.33. The highest BCUT2D eigenvalue weighted by Gasteiger charge is 2.28. The Hall–Kier alpha value is -4.02. The fraction of sp³-hybridized carbons (Fsp3) is 0.222. The van der Waals surface area contributed by atoms with E-state index in [1.807, 2.05) is 25.1 Å². The van der Waals surface area contributed by atoms with E-state index in [-0.39, 0.29) is 29.0 Å². The molecule has 0 aliphatic heterocycles. The normalized spacial score (nSPS) is 11.0. The summed E-state index contributed by atoms with van der Waals surface area (Å²) in [5.41, 5.74) is 1.84. The van der Waals surface area contributed by atoms with E-state index in [1.165, 1.54) is 6.92 Å². The third-order valence-corrected chi connectivity index (χ3v) is 6.64. The standard InChI is InChI=1S/C27H23ClN2O5/c1-14-11-22-19(12-21(14)28)16(3)25(35-22)24(31)23-15(2)20(13-29)26(32)30(27(23)33)10-9-17-5-7-18(34-4)8-6-17/h5-8,11-12,33H,9-10H2,1-4H3. The van der Waals surface area contributed by atoms with Crippen LogP contribution >= 0.6 is 11.6 Å². The van der Waals surface area contributed by atoms with Gasteiger partial charge < -0.3 is 14.3 Å². The molecule has 0 unspecified atom stereocenters. The Labute approximate surface area is 206 Å². The molecule has 178 valence electrons. The number of rotatable bonds is 6. The first-order valence-corrected chi connectivity index (χ1v) is 11.3. The van der Waals surface area contributed by atoms with E-state index < -0.39 is 17.2 Å². The molecule has 0 aliphatic rings. The van der Waals surface area contributed by atoms with Crippen LogP contribution in [0, 0.1) is 32.1 Å². The van der Waals surface area contributed by atoms with Crippen LogP contribution in [0.25, 0.3) is 11.0 Å². The SMILES string of the molecule is COc1ccc(CCn2c(O)c(C(=O)c3oc4cc(C)c(Cl)cc4c3C)c(C)c(C#N)c2=O)cc1. The maximum Gasteiger partial charge on any atom is 0.271 e. The van der Waals surface area contributed by atoms with Crippen LogP contribution in [0.5, 0.6) is 11.6 Å². The van der Waals surface area contributed by atoms with Crippen molar-refractivity contribution in [2.75, 3.05) is 7.11 Å². The van der Waals surface area contributed by atoms with Crippen molar-refractivity contribution < 1.29 is 19.1 Å². The van der Waals surface area contributed by atoms with E-state index in [1.54, 1.807) is 38.3 Å². The van der Waals surface area contributed by atoms with Gasteiger partial charge in [-0.15, -0.1) is 0 Å². The van der Waals surface area contributed by atoms with Crippen LogP contribution in [-0.2, 0) is 13.0 Å². The fourth-order valence-corrected chi connectivity index (χ4v) is 4.30. The summed E-state index contributed by atoms with van der Waals surface area (Å²) in [6.07, 6.45) is 0.389. The number of methoxy groups -OCH3 is 1. The number of nitriles is 1. The number of nitrogens with zero attached hydrogens (tertiary/aromatic N) is 2. The molecule has 0 saturated heterocycles. The molecule has 0 spiro atoms.